The van der Waals surface area contributed by atoms with Crippen molar-refractivity contribution in [3.63, 3.8) is 0 Å². The van der Waals surface area contributed by atoms with Gasteiger partial charge in [-0.2, -0.15) is 0 Å². The predicted octanol–water partition coefficient (Wildman–Crippen LogP) is 4.32. The Bertz CT molecular complexity index is 588. The van der Waals surface area contributed by atoms with Crippen LogP contribution >= 0.6 is 0 Å². The SMILES string of the molecule is C=CCNc1cccc(C(C)(C)c2ccccc2)c1O. The normalized spacial score (nSPS) is 11.1. The molecule has 0 saturated heterocycles. The summed E-state index contributed by atoms with van der Waals surface area (Å²) in [4.78, 5) is 0. The van der Waals surface area contributed by atoms with Crippen molar-refractivity contribution in [2.45, 2.75) is 19.3 Å². The second kappa shape index (κ2) is 5.83. The van der Waals surface area contributed by atoms with E-state index >= 15 is 0 Å². The summed E-state index contributed by atoms with van der Waals surface area (Å²) >= 11 is 0. The first kappa shape index (κ1) is 14.2. The summed E-state index contributed by atoms with van der Waals surface area (Å²) in [5, 5.41) is 13.7. The fourth-order valence-corrected chi connectivity index (χ4v) is 2.38. The third kappa shape index (κ3) is 2.69. The molecule has 0 saturated carbocycles. The van der Waals surface area contributed by atoms with Gasteiger partial charge < -0.3 is 10.4 Å². The molecule has 2 heteroatoms. The van der Waals surface area contributed by atoms with Crippen molar-refractivity contribution in [2.24, 2.45) is 0 Å². The zero-order valence-corrected chi connectivity index (χ0v) is 12.1. The monoisotopic (exact) mass is 267 g/mol. The summed E-state index contributed by atoms with van der Waals surface area (Å²) in [6.07, 6.45) is 1.77. The topological polar surface area (TPSA) is 32.3 Å². The van der Waals surface area contributed by atoms with Gasteiger partial charge in [0.25, 0.3) is 0 Å². The highest BCUT2D eigenvalue weighted by atomic mass is 16.3. The Labute approximate surface area is 120 Å². The summed E-state index contributed by atoms with van der Waals surface area (Å²) in [6, 6.07) is 16.0. The Kier molecular flexibility index (Phi) is 4.14. The highest BCUT2D eigenvalue weighted by Gasteiger charge is 2.26. The van der Waals surface area contributed by atoms with Crippen LogP contribution in [0.1, 0.15) is 25.0 Å². The number of aromatic hydroxyl groups is 1. The molecule has 0 aliphatic rings. The zero-order chi connectivity index (χ0) is 14.6. The van der Waals surface area contributed by atoms with E-state index in [1.54, 1.807) is 6.08 Å². The summed E-state index contributed by atoms with van der Waals surface area (Å²) in [5.74, 6) is 0.309. The molecular formula is C18H21NO. The third-order valence-electron chi connectivity index (χ3n) is 3.64. The van der Waals surface area contributed by atoms with E-state index in [4.69, 9.17) is 0 Å². The van der Waals surface area contributed by atoms with Gasteiger partial charge >= 0.3 is 0 Å². The van der Waals surface area contributed by atoms with Crippen molar-refractivity contribution in [1.82, 2.24) is 0 Å². The van der Waals surface area contributed by atoms with Crippen LogP contribution in [0.5, 0.6) is 5.75 Å². The van der Waals surface area contributed by atoms with E-state index in [9.17, 15) is 5.11 Å². The number of hydrogen-bond acceptors (Lipinski definition) is 2. The lowest BCUT2D eigenvalue weighted by Crippen LogP contribution is -2.19. The Balaban J connectivity index is 2.44. The first-order valence-electron chi connectivity index (χ1n) is 6.80. The molecule has 0 aliphatic carbocycles. The van der Waals surface area contributed by atoms with Gasteiger partial charge in [0.05, 0.1) is 5.69 Å². The Morgan fingerprint density at radius 2 is 1.80 bits per heavy atom. The van der Waals surface area contributed by atoms with Gasteiger partial charge in [-0.15, -0.1) is 6.58 Å². The molecule has 0 amide bonds. The molecule has 0 unspecified atom stereocenters. The van der Waals surface area contributed by atoms with E-state index in [2.05, 4.69) is 37.9 Å². The Morgan fingerprint density at radius 3 is 2.45 bits per heavy atom. The quantitative estimate of drug-likeness (QED) is 0.624. The standard InChI is InChI=1S/C18H21NO/c1-4-13-19-16-12-8-11-15(17(16)20)18(2,3)14-9-6-5-7-10-14/h4-12,19-20H,1,13H2,2-3H3. The number of nitrogens with one attached hydrogen (secondary N) is 1. The van der Waals surface area contributed by atoms with Crippen molar-refractivity contribution in [2.75, 3.05) is 11.9 Å². The lowest BCUT2D eigenvalue weighted by Gasteiger charge is -2.27. The van der Waals surface area contributed by atoms with E-state index < -0.39 is 0 Å². The maximum absolute atomic E-state index is 10.5. The molecule has 0 atom stereocenters. The number of hydrogen-bond donors (Lipinski definition) is 2. The Hall–Kier alpha value is -2.22. The number of phenols is 1. The van der Waals surface area contributed by atoms with Gasteiger partial charge in [0, 0.05) is 17.5 Å². The molecule has 2 nitrogen and oxygen atoms in total. The van der Waals surface area contributed by atoms with Crippen LogP contribution in [-0.2, 0) is 5.41 Å². The van der Waals surface area contributed by atoms with E-state index in [-0.39, 0.29) is 5.41 Å². The van der Waals surface area contributed by atoms with Gasteiger partial charge in [-0.25, -0.2) is 0 Å². The minimum atomic E-state index is -0.253. The lowest BCUT2D eigenvalue weighted by molar-refractivity contribution is 0.455. The van der Waals surface area contributed by atoms with Crippen molar-refractivity contribution in [3.8, 4) is 5.75 Å². The summed E-state index contributed by atoms with van der Waals surface area (Å²) in [6.45, 7) is 8.55. The molecule has 0 radical (unpaired) electrons. The first-order chi connectivity index (χ1) is 9.57. The van der Waals surface area contributed by atoms with Crippen molar-refractivity contribution < 1.29 is 5.11 Å². The minimum absolute atomic E-state index is 0.253. The van der Waals surface area contributed by atoms with Crippen LogP contribution in [-0.4, -0.2) is 11.7 Å². The largest absolute Gasteiger partial charge is 0.505 e. The highest BCUT2D eigenvalue weighted by molar-refractivity contribution is 5.62. The highest BCUT2D eigenvalue weighted by Crippen LogP contribution is 2.40. The van der Waals surface area contributed by atoms with E-state index in [0.29, 0.717) is 12.3 Å². The molecule has 0 fully saturated rings. The fourth-order valence-electron chi connectivity index (χ4n) is 2.38. The van der Waals surface area contributed by atoms with Crippen molar-refractivity contribution in [3.05, 3.63) is 72.3 Å². The van der Waals surface area contributed by atoms with Crippen LogP contribution < -0.4 is 5.32 Å². The predicted molar refractivity (Wildman–Crippen MR) is 85.4 cm³/mol. The average Bonchev–Trinajstić information content (AvgIpc) is 2.47. The molecule has 104 valence electrons. The summed E-state index contributed by atoms with van der Waals surface area (Å²) < 4.78 is 0. The molecule has 0 aromatic heterocycles. The molecule has 0 bridgehead atoms. The number of phenolic OH excluding ortho intramolecular Hbond substituents is 1. The number of para-hydroxylation sites is 1. The zero-order valence-electron chi connectivity index (χ0n) is 12.1. The van der Waals surface area contributed by atoms with Gasteiger partial charge in [-0.3, -0.25) is 0 Å². The van der Waals surface area contributed by atoms with E-state index in [1.807, 2.05) is 36.4 Å². The van der Waals surface area contributed by atoms with Gasteiger partial charge in [-0.1, -0.05) is 62.4 Å². The fraction of sp³-hybridized carbons (Fsp3) is 0.222. The second-order valence-corrected chi connectivity index (χ2v) is 5.36. The molecular weight excluding hydrogens is 246 g/mol. The van der Waals surface area contributed by atoms with E-state index in [0.717, 1.165) is 11.3 Å². The van der Waals surface area contributed by atoms with E-state index in [1.165, 1.54) is 5.56 Å². The summed E-state index contributed by atoms with van der Waals surface area (Å²) in [7, 11) is 0. The second-order valence-electron chi connectivity index (χ2n) is 5.36. The van der Waals surface area contributed by atoms with Crippen LogP contribution in [0.3, 0.4) is 0 Å². The van der Waals surface area contributed by atoms with Crippen LogP contribution in [0.4, 0.5) is 5.69 Å². The van der Waals surface area contributed by atoms with Crippen LogP contribution in [0.15, 0.2) is 61.2 Å². The van der Waals surface area contributed by atoms with Gasteiger partial charge in [0.1, 0.15) is 5.75 Å². The maximum Gasteiger partial charge on any atom is 0.142 e. The molecule has 0 spiro atoms. The number of benzene rings is 2. The number of anilines is 1. The summed E-state index contributed by atoms with van der Waals surface area (Å²) in [5.41, 5.74) is 2.58. The molecule has 2 aromatic rings. The maximum atomic E-state index is 10.5. The van der Waals surface area contributed by atoms with Gasteiger partial charge in [-0.05, 0) is 11.6 Å². The molecule has 2 N–H and O–H groups in total. The van der Waals surface area contributed by atoms with Crippen LogP contribution in [0, 0.1) is 0 Å². The lowest BCUT2D eigenvalue weighted by atomic mass is 9.77. The Morgan fingerprint density at radius 1 is 1.10 bits per heavy atom. The minimum Gasteiger partial charge on any atom is -0.505 e. The first-order valence-corrected chi connectivity index (χ1v) is 6.80. The van der Waals surface area contributed by atoms with Gasteiger partial charge in [0.15, 0.2) is 0 Å². The van der Waals surface area contributed by atoms with Crippen molar-refractivity contribution >= 4 is 5.69 Å². The third-order valence-corrected chi connectivity index (χ3v) is 3.64. The average molecular weight is 267 g/mol. The van der Waals surface area contributed by atoms with Crippen LogP contribution in [0.2, 0.25) is 0 Å². The van der Waals surface area contributed by atoms with Crippen LogP contribution in [0.25, 0.3) is 0 Å². The molecule has 0 aliphatic heterocycles. The molecule has 2 rings (SSSR count). The van der Waals surface area contributed by atoms with Crippen molar-refractivity contribution in [1.29, 1.82) is 0 Å². The van der Waals surface area contributed by atoms with Gasteiger partial charge in [0.2, 0.25) is 0 Å². The molecule has 20 heavy (non-hydrogen) atoms. The number of rotatable bonds is 5. The molecule has 2 aromatic carbocycles. The molecule has 0 heterocycles. The smallest absolute Gasteiger partial charge is 0.142 e.